The molecule has 1 N–H and O–H groups in total. The van der Waals surface area contributed by atoms with E-state index in [4.69, 9.17) is 4.74 Å². The molecule has 0 spiro atoms. The first-order valence-electron chi connectivity index (χ1n) is 7.12. The number of fused-ring (bicyclic) bond motifs is 1. The predicted molar refractivity (Wildman–Crippen MR) is 78.5 cm³/mol. The number of aromatic nitrogens is 1. The molecule has 4 nitrogen and oxygen atoms in total. The minimum atomic E-state index is -0.0748. The second kappa shape index (κ2) is 5.67. The van der Waals surface area contributed by atoms with E-state index in [1.54, 1.807) is 0 Å². The van der Waals surface area contributed by atoms with Crippen molar-refractivity contribution in [3.63, 3.8) is 0 Å². The average molecular weight is 272 g/mol. The van der Waals surface area contributed by atoms with Gasteiger partial charge in [0.15, 0.2) is 0 Å². The van der Waals surface area contributed by atoms with Crippen LogP contribution in [0, 0.1) is 5.92 Å². The molecule has 2 atom stereocenters. The van der Waals surface area contributed by atoms with Crippen molar-refractivity contribution in [3.05, 3.63) is 36.7 Å². The summed E-state index contributed by atoms with van der Waals surface area (Å²) in [6.45, 7) is 1.77. The zero-order chi connectivity index (χ0) is 13.9. The van der Waals surface area contributed by atoms with Crippen molar-refractivity contribution in [2.24, 2.45) is 5.92 Å². The zero-order valence-electron chi connectivity index (χ0n) is 11.7. The van der Waals surface area contributed by atoms with E-state index in [2.05, 4.69) is 46.5 Å². The fourth-order valence-corrected chi connectivity index (χ4v) is 3.03. The van der Waals surface area contributed by atoms with Crippen molar-refractivity contribution >= 4 is 16.7 Å². The fourth-order valence-electron chi connectivity index (χ4n) is 3.03. The molecule has 0 aliphatic carbocycles. The third-order valence-electron chi connectivity index (χ3n) is 4.07. The third kappa shape index (κ3) is 2.70. The Morgan fingerprint density at radius 3 is 2.70 bits per heavy atom. The summed E-state index contributed by atoms with van der Waals surface area (Å²) in [6, 6.07) is 8.68. The minimum absolute atomic E-state index is 0.0382. The van der Waals surface area contributed by atoms with Crippen LogP contribution in [0.25, 0.3) is 10.8 Å². The second-order valence-corrected chi connectivity index (χ2v) is 5.48. The van der Waals surface area contributed by atoms with Gasteiger partial charge in [-0.25, -0.2) is 0 Å². The van der Waals surface area contributed by atoms with Gasteiger partial charge in [-0.1, -0.05) is 24.3 Å². The van der Waals surface area contributed by atoms with Crippen LogP contribution in [-0.2, 0) is 16.1 Å². The van der Waals surface area contributed by atoms with Crippen LogP contribution >= 0.6 is 0 Å². The van der Waals surface area contributed by atoms with Crippen LogP contribution in [0.5, 0.6) is 0 Å². The molecule has 1 saturated heterocycles. The molecule has 0 amide bonds. The van der Waals surface area contributed by atoms with E-state index in [0.717, 1.165) is 25.9 Å². The number of hydrogen-bond donors (Lipinski definition) is 1. The Morgan fingerprint density at radius 2 is 2.05 bits per heavy atom. The Labute approximate surface area is 118 Å². The first-order valence-corrected chi connectivity index (χ1v) is 7.12. The average Bonchev–Trinajstić information content (AvgIpc) is 2.88. The monoisotopic (exact) mass is 272 g/mol. The van der Waals surface area contributed by atoms with Crippen molar-refractivity contribution in [2.75, 3.05) is 13.7 Å². The Morgan fingerprint density at radius 1 is 1.35 bits per heavy atom. The molecule has 20 heavy (non-hydrogen) atoms. The van der Waals surface area contributed by atoms with E-state index in [-0.39, 0.29) is 11.9 Å². The van der Waals surface area contributed by atoms with E-state index in [1.807, 2.05) is 0 Å². The van der Waals surface area contributed by atoms with Crippen molar-refractivity contribution in [2.45, 2.75) is 25.4 Å². The highest BCUT2D eigenvalue weighted by atomic mass is 16.5. The van der Waals surface area contributed by atoms with Crippen LogP contribution in [-0.4, -0.2) is 30.2 Å². The van der Waals surface area contributed by atoms with Gasteiger partial charge in [0.1, 0.15) is 0 Å². The lowest BCUT2D eigenvalue weighted by atomic mass is 9.92. The van der Waals surface area contributed by atoms with Gasteiger partial charge in [0.2, 0.25) is 0 Å². The van der Waals surface area contributed by atoms with Crippen LogP contribution in [0.15, 0.2) is 36.7 Å². The maximum Gasteiger partial charge on any atom is 0.308 e. The topological polar surface area (TPSA) is 43.3 Å². The lowest BCUT2D eigenvalue weighted by Crippen LogP contribution is -2.42. The summed E-state index contributed by atoms with van der Waals surface area (Å²) in [4.78, 5) is 11.6. The number of rotatable bonds is 3. The SMILES string of the molecule is COC(=O)C1CCNC(Cn2cc3ccccc3c2)C1. The number of ether oxygens (including phenoxy) is 1. The van der Waals surface area contributed by atoms with Gasteiger partial charge in [-0.15, -0.1) is 0 Å². The quantitative estimate of drug-likeness (QED) is 0.871. The standard InChI is InChI=1S/C16H20N2O2/c1-20-16(19)12-6-7-17-15(8-12)11-18-9-13-4-2-3-5-14(13)10-18/h2-5,9-10,12,15,17H,6-8,11H2,1H3. The molecule has 106 valence electrons. The molecule has 1 fully saturated rings. The summed E-state index contributed by atoms with van der Waals surface area (Å²) < 4.78 is 7.07. The molecule has 1 aliphatic heterocycles. The smallest absolute Gasteiger partial charge is 0.308 e. The Bertz CT molecular complexity index is 572. The molecule has 2 unspecified atom stereocenters. The van der Waals surface area contributed by atoms with Gasteiger partial charge in [-0.3, -0.25) is 4.79 Å². The first kappa shape index (κ1) is 13.2. The number of carbonyl (C=O) groups is 1. The number of nitrogens with zero attached hydrogens (tertiary/aromatic N) is 1. The van der Waals surface area contributed by atoms with E-state index in [1.165, 1.54) is 17.9 Å². The van der Waals surface area contributed by atoms with Crippen LogP contribution in [0.3, 0.4) is 0 Å². The van der Waals surface area contributed by atoms with Crippen molar-refractivity contribution in [3.8, 4) is 0 Å². The van der Waals surface area contributed by atoms with Crippen LogP contribution in [0.2, 0.25) is 0 Å². The van der Waals surface area contributed by atoms with Gasteiger partial charge in [0.05, 0.1) is 13.0 Å². The Kier molecular flexibility index (Phi) is 3.74. The number of methoxy groups -OCH3 is 1. The van der Waals surface area contributed by atoms with Gasteiger partial charge in [0.25, 0.3) is 0 Å². The number of carbonyl (C=O) groups excluding carboxylic acids is 1. The highest BCUT2D eigenvalue weighted by molar-refractivity contribution is 5.82. The summed E-state index contributed by atoms with van der Waals surface area (Å²) in [5.41, 5.74) is 0. The summed E-state index contributed by atoms with van der Waals surface area (Å²) in [5, 5.41) is 6.01. The van der Waals surface area contributed by atoms with Crippen LogP contribution < -0.4 is 5.32 Å². The predicted octanol–water partition coefficient (Wildman–Crippen LogP) is 2.18. The molecule has 0 radical (unpaired) electrons. The molecule has 0 bridgehead atoms. The lowest BCUT2D eigenvalue weighted by Gasteiger charge is -2.29. The van der Waals surface area contributed by atoms with E-state index < -0.39 is 0 Å². The van der Waals surface area contributed by atoms with Crippen molar-refractivity contribution in [1.29, 1.82) is 0 Å². The summed E-state index contributed by atoms with van der Waals surface area (Å²) in [5.74, 6) is -0.0367. The van der Waals surface area contributed by atoms with E-state index in [9.17, 15) is 4.79 Å². The largest absolute Gasteiger partial charge is 0.469 e. The normalized spacial score (nSPS) is 22.9. The van der Waals surface area contributed by atoms with E-state index >= 15 is 0 Å². The van der Waals surface area contributed by atoms with Gasteiger partial charge in [-0.05, 0) is 30.2 Å². The third-order valence-corrected chi connectivity index (χ3v) is 4.07. The molecule has 2 aromatic rings. The first-order chi connectivity index (χ1) is 9.76. The highest BCUT2D eigenvalue weighted by Gasteiger charge is 2.27. The molecule has 1 aromatic heterocycles. The van der Waals surface area contributed by atoms with Gasteiger partial charge in [0, 0.05) is 25.0 Å². The summed E-state index contributed by atoms with van der Waals surface area (Å²) >= 11 is 0. The van der Waals surface area contributed by atoms with E-state index in [0.29, 0.717) is 6.04 Å². The molecule has 1 aromatic carbocycles. The molecule has 1 aliphatic rings. The Hall–Kier alpha value is -1.81. The van der Waals surface area contributed by atoms with Crippen LogP contribution in [0.1, 0.15) is 12.8 Å². The summed E-state index contributed by atoms with van der Waals surface area (Å²) in [6.07, 6.45) is 6.05. The molecule has 3 rings (SSSR count). The molecular formula is C16H20N2O2. The molecule has 4 heteroatoms. The number of benzene rings is 1. The summed E-state index contributed by atoms with van der Waals surface area (Å²) in [7, 11) is 1.47. The van der Waals surface area contributed by atoms with Gasteiger partial charge < -0.3 is 14.6 Å². The maximum atomic E-state index is 11.6. The second-order valence-electron chi connectivity index (χ2n) is 5.48. The highest BCUT2D eigenvalue weighted by Crippen LogP contribution is 2.20. The van der Waals surface area contributed by atoms with Crippen molar-refractivity contribution < 1.29 is 9.53 Å². The maximum absolute atomic E-state index is 11.6. The fraction of sp³-hybridized carbons (Fsp3) is 0.438. The van der Waals surface area contributed by atoms with Gasteiger partial charge >= 0.3 is 5.97 Å². The molecule has 2 heterocycles. The Balaban J connectivity index is 1.69. The zero-order valence-corrected chi connectivity index (χ0v) is 11.7. The van der Waals surface area contributed by atoms with Crippen molar-refractivity contribution in [1.82, 2.24) is 9.88 Å². The minimum Gasteiger partial charge on any atom is -0.469 e. The van der Waals surface area contributed by atoms with Gasteiger partial charge in [-0.2, -0.15) is 0 Å². The molecule has 0 saturated carbocycles. The number of nitrogens with one attached hydrogen (secondary N) is 1. The molecular weight excluding hydrogens is 252 g/mol. The number of piperidine rings is 1. The number of hydrogen-bond acceptors (Lipinski definition) is 3. The number of esters is 1. The van der Waals surface area contributed by atoms with Crippen LogP contribution in [0.4, 0.5) is 0 Å². The lowest BCUT2D eigenvalue weighted by molar-refractivity contribution is -0.146.